The number of aromatic nitrogens is 3. The molecule has 0 bridgehead atoms. The SMILES string of the molecule is Cc1cc2nc(NC(C)c3cccnc3)nc(C(=O)NCC3CCOC3)c2s1. The summed E-state index contributed by atoms with van der Waals surface area (Å²) in [6.45, 7) is 6.10. The van der Waals surface area contributed by atoms with E-state index in [1.807, 2.05) is 38.2 Å². The van der Waals surface area contributed by atoms with Gasteiger partial charge in [-0.1, -0.05) is 6.07 Å². The molecule has 2 atom stereocenters. The van der Waals surface area contributed by atoms with Crippen LogP contribution in [0.1, 0.15) is 40.3 Å². The lowest BCUT2D eigenvalue weighted by Gasteiger charge is -2.15. The molecular weight excluding hydrogens is 374 g/mol. The molecule has 8 heteroatoms. The zero-order valence-corrected chi connectivity index (χ0v) is 16.8. The Kier molecular flexibility index (Phi) is 5.50. The van der Waals surface area contributed by atoms with Crippen molar-refractivity contribution in [1.82, 2.24) is 20.3 Å². The second-order valence-electron chi connectivity index (χ2n) is 7.06. The molecule has 2 N–H and O–H groups in total. The summed E-state index contributed by atoms with van der Waals surface area (Å²) < 4.78 is 6.20. The summed E-state index contributed by atoms with van der Waals surface area (Å²) in [5.74, 6) is 0.642. The number of carbonyl (C=O) groups excluding carboxylic acids is 1. The molecule has 0 spiro atoms. The van der Waals surface area contributed by atoms with Crippen molar-refractivity contribution < 1.29 is 9.53 Å². The van der Waals surface area contributed by atoms with Crippen molar-refractivity contribution in [2.75, 3.05) is 25.1 Å². The van der Waals surface area contributed by atoms with Gasteiger partial charge in [-0.3, -0.25) is 9.78 Å². The fraction of sp³-hybridized carbons (Fsp3) is 0.400. The van der Waals surface area contributed by atoms with Crippen molar-refractivity contribution >= 4 is 33.4 Å². The average Bonchev–Trinajstić information content (AvgIpc) is 3.34. The molecule has 1 amide bonds. The molecule has 0 radical (unpaired) electrons. The maximum atomic E-state index is 12.9. The van der Waals surface area contributed by atoms with Crippen LogP contribution in [0.4, 0.5) is 5.95 Å². The van der Waals surface area contributed by atoms with E-state index in [-0.39, 0.29) is 11.9 Å². The van der Waals surface area contributed by atoms with Gasteiger partial charge < -0.3 is 15.4 Å². The lowest BCUT2D eigenvalue weighted by molar-refractivity contribution is 0.0942. The van der Waals surface area contributed by atoms with E-state index < -0.39 is 0 Å². The Morgan fingerprint density at radius 1 is 1.43 bits per heavy atom. The van der Waals surface area contributed by atoms with Crippen molar-refractivity contribution in [3.05, 3.63) is 46.7 Å². The van der Waals surface area contributed by atoms with Crippen LogP contribution >= 0.6 is 11.3 Å². The summed E-state index contributed by atoms with van der Waals surface area (Å²) in [5.41, 5.74) is 2.23. The van der Waals surface area contributed by atoms with Crippen molar-refractivity contribution in [3.8, 4) is 0 Å². The Hall–Kier alpha value is -2.58. The highest BCUT2D eigenvalue weighted by atomic mass is 32.1. The summed E-state index contributed by atoms with van der Waals surface area (Å²) in [5, 5.41) is 6.31. The average molecular weight is 398 g/mol. The van der Waals surface area contributed by atoms with Gasteiger partial charge in [-0.2, -0.15) is 0 Å². The van der Waals surface area contributed by atoms with Crippen molar-refractivity contribution in [1.29, 1.82) is 0 Å². The van der Waals surface area contributed by atoms with Crippen LogP contribution < -0.4 is 10.6 Å². The monoisotopic (exact) mass is 397 g/mol. The van der Waals surface area contributed by atoms with E-state index in [4.69, 9.17) is 4.74 Å². The van der Waals surface area contributed by atoms with E-state index in [9.17, 15) is 4.79 Å². The van der Waals surface area contributed by atoms with E-state index >= 15 is 0 Å². The third-order valence-corrected chi connectivity index (χ3v) is 5.86. The van der Waals surface area contributed by atoms with E-state index in [1.165, 1.54) is 0 Å². The van der Waals surface area contributed by atoms with Gasteiger partial charge in [0.2, 0.25) is 5.95 Å². The molecule has 3 aromatic heterocycles. The third-order valence-electron chi connectivity index (χ3n) is 4.82. The first-order chi connectivity index (χ1) is 13.6. The van der Waals surface area contributed by atoms with E-state index in [0.29, 0.717) is 30.7 Å². The number of nitrogens with one attached hydrogen (secondary N) is 2. The molecular formula is C20H23N5O2S. The summed E-state index contributed by atoms with van der Waals surface area (Å²) in [6.07, 6.45) is 4.53. The van der Waals surface area contributed by atoms with E-state index in [1.54, 1.807) is 17.5 Å². The Morgan fingerprint density at radius 3 is 3.07 bits per heavy atom. The largest absolute Gasteiger partial charge is 0.381 e. The first-order valence-corrected chi connectivity index (χ1v) is 10.2. The molecule has 1 saturated heterocycles. The number of amides is 1. The first-order valence-electron chi connectivity index (χ1n) is 9.40. The normalized spacial score (nSPS) is 17.6. The summed E-state index contributed by atoms with van der Waals surface area (Å²) in [6, 6.07) is 5.85. The summed E-state index contributed by atoms with van der Waals surface area (Å²) in [7, 11) is 0. The van der Waals surface area contributed by atoms with Crippen LogP contribution in [0.3, 0.4) is 0 Å². The van der Waals surface area contributed by atoms with Crippen molar-refractivity contribution in [2.24, 2.45) is 5.92 Å². The van der Waals surface area contributed by atoms with Gasteiger partial charge in [-0.05, 0) is 38.0 Å². The molecule has 4 heterocycles. The van der Waals surface area contributed by atoms with Crippen LogP contribution in [-0.2, 0) is 4.74 Å². The molecule has 0 aliphatic carbocycles. The molecule has 7 nitrogen and oxygen atoms in total. The molecule has 0 saturated carbocycles. The molecule has 4 rings (SSSR count). The number of thiophene rings is 1. The number of nitrogens with zero attached hydrogens (tertiary/aromatic N) is 3. The van der Waals surface area contributed by atoms with Gasteiger partial charge in [0, 0.05) is 36.3 Å². The summed E-state index contributed by atoms with van der Waals surface area (Å²) in [4.78, 5) is 27.3. The molecule has 1 aliphatic heterocycles. The minimum Gasteiger partial charge on any atom is -0.381 e. The zero-order chi connectivity index (χ0) is 19.5. The maximum Gasteiger partial charge on any atom is 0.271 e. The highest BCUT2D eigenvalue weighted by Crippen LogP contribution is 2.28. The van der Waals surface area contributed by atoms with Crippen LogP contribution in [0.2, 0.25) is 0 Å². The molecule has 146 valence electrons. The molecule has 1 aliphatic rings. The van der Waals surface area contributed by atoms with Gasteiger partial charge in [0.05, 0.1) is 22.9 Å². The minimum atomic E-state index is -0.168. The Bertz CT molecular complexity index is 969. The number of anilines is 1. The van der Waals surface area contributed by atoms with Gasteiger partial charge in [-0.15, -0.1) is 11.3 Å². The predicted molar refractivity (Wildman–Crippen MR) is 110 cm³/mol. The van der Waals surface area contributed by atoms with Gasteiger partial charge in [0.25, 0.3) is 5.91 Å². The Morgan fingerprint density at radius 2 is 2.32 bits per heavy atom. The standard InChI is InChI=1S/C20H23N5O2S/c1-12-8-16-18(28-12)17(19(26)22-9-14-5-7-27-11-14)25-20(24-16)23-13(2)15-4-3-6-21-10-15/h3-4,6,8,10,13-14H,5,7,9,11H2,1-2H3,(H,22,26)(H,23,24,25). The smallest absolute Gasteiger partial charge is 0.271 e. The topological polar surface area (TPSA) is 89.0 Å². The zero-order valence-electron chi connectivity index (χ0n) is 15.9. The minimum absolute atomic E-state index is 0.0302. The summed E-state index contributed by atoms with van der Waals surface area (Å²) >= 11 is 1.54. The second kappa shape index (κ2) is 8.20. The Labute approximate surface area is 167 Å². The van der Waals surface area contributed by atoms with Crippen LogP contribution in [0, 0.1) is 12.8 Å². The number of ether oxygens (including phenoxy) is 1. The van der Waals surface area contributed by atoms with Gasteiger partial charge in [-0.25, -0.2) is 9.97 Å². The van der Waals surface area contributed by atoms with Gasteiger partial charge in [0.15, 0.2) is 5.69 Å². The fourth-order valence-electron chi connectivity index (χ4n) is 3.24. The number of pyridine rings is 1. The fourth-order valence-corrected chi connectivity index (χ4v) is 4.18. The maximum absolute atomic E-state index is 12.9. The molecule has 2 unspecified atom stereocenters. The second-order valence-corrected chi connectivity index (χ2v) is 8.32. The quantitative estimate of drug-likeness (QED) is 0.663. The molecule has 3 aromatic rings. The lowest BCUT2D eigenvalue weighted by Crippen LogP contribution is -2.30. The van der Waals surface area contributed by atoms with Crippen molar-refractivity contribution in [2.45, 2.75) is 26.3 Å². The molecule has 1 fully saturated rings. The third kappa shape index (κ3) is 4.13. The number of fused-ring (bicyclic) bond motifs is 1. The predicted octanol–water partition coefficient (Wildman–Crippen LogP) is 3.33. The first kappa shape index (κ1) is 18.8. The van der Waals surface area contributed by atoms with E-state index in [0.717, 1.165) is 33.7 Å². The number of hydrogen-bond donors (Lipinski definition) is 2. The Balaban J connectivity index is 1.58. The van der Waals surface area contributed by atoms with Crippen LogP contribution in [0.15, 0.2) is 30.6 Å². The van der Waals surface area contributed by atoms with Crippen LogP contribution in [0.5, 0.6) is 0 Å². The van der Waals surface area contributed by atoms with Gasteiger partial charge in [0.1, 0.15) is 0 Å². The van der Waals surface area contributed by atoms with Crippen LogP contribution in [-0.4, -0.2) is 40.6 Å². The van der Waals surface area contributed by atoms with Crippen LogP contribution in [0.25, 0.3) is 10.2 Å². The number of aryl methyl sites for hydroxylation is 1. The lowest BCUT2D eigenvalue weighted by atomic mass is 10.1. The number of hydrogen-bond acceptors (Lipinski definition) is 7. The van der Waals surface area contributed by atoms with E-state index in [2.05, 4.69) is 25.6 Å². The highest BCUT2D eigenvalue weighted by molar-refractivity contribution is 7.19. The molecule has 0 aromatic carbocycles. The molecule has 28 heavy (non-hydrogen) atoms. The number of carbonyl (C=O) groups is 1. The van der Waals surface area contributed by atoms with Crippen molar-refractivity contribution in [3.63, 3.8) is 0 Å². The van der Waals surface area contributed by atoms with Gasteiger partial charge >= 0.3 is 0 Å². The number of rotatable bonds is 6. The highest BCUT2D eigenvalue weighted by Gasteiger charge is 2.21.